The van der Waals surface area contributed by atoms with Crippen LogP contribution in [0.3, 0.4) is 0 Å². The Morgan fingerprint density at radius 2 is 1.85 bits per heavy atom. The standard InChI is InChI=1S/C20H27N3O4/c1-6-11-20(19(26)27-5)15-14(17(24)23(4)18(15)25)16(21-20)12-7-9-13(10-8-12)22(2)3/h7-10,14-16,21H,6,11H2,1-5H3/t14-,15-,16+,20-/m0/s1. The lowest BCUT2D eigenvalue weighted by Gasteiger charge is -2.31. The van der Waals surface area contributed by atoms with Gasteiger partial charge in [0.25, 0.3) is 0 Å². The summed E-state index contributed by atoms with van der Waals surface area (Å²) in [5.41, 5.74) is 0.734. The number of esters is 1. The molecule has 1 aromatic carbocycles. The van der Waals surface area contributed by atoms with E-state index in [-0.39, 0.29) is 11.8 Å². The number of benzene rings is 1. The lowest BCUT2D eigenvalue weighted by molar-refractivity contribution is -0.154. The van der Waals surface area contributed by atoms with Gasteiger partial charge in [-0.05, 0) is 24.1 Å². The fourth-order valence-corrected chi connectivity index (χ4v) is 4.51. The number of amides is 2. The van der Waals surface area contributed by atoms with Gasteiger partial charge in [-0.1, -0.05) is 25.5 Å². The highest BCUT2D eigenvalue weighted by Crippen LogP contribution is 2.50. The molecule has 1 N–H and O–H groups in total. The fraction of sp³-hybridized carbons (Fsp3) is 0.550. The van der Waals surface area contributed by atoms with Gasteiger partial charge in [-0.3, -0.25) is 24.6 Å². The summed E-state index contributed by atoms with van der Waals surface area (Å²) in [6, 6.07) is 7.40. The average molecular weight is 373 g/mol. The number of anilines is 1. The van der Waals surface area contributed by atoms with E-state index < -0.39 is 29.4 Å². The lowest BCUT2D eigenvalue weighted by atomic mass is 9.77. The largest absolute Gasteiger partial charge is 0.468 e. The molecule has 2 aliphatic heterocycles. The van der Waals surface area contributed by atoms with Crippen molar-refractivity contribution in [3.63, 3.8) is 0 Å². The van der Waals surface area contributed by atoms with E-state index in [4.69, 9.17) is 4.74 Å². The Balaban J connectivity index is 2.09. The van der Waals surface area contributed by atoms with Gasteiger partial charge in [0, 0.05) is 32.9 Å². The highest BCUT2D eigenvalue weighted by Gasteiger charge is 2.67. The Morgan fingerprint density at radius 1 is 1.22 bits per heavy atom. The Bertz CT molecular complexity index is 761. The third kappa shape index (κ3) is 2.81. The molecule has 0 unspecified atom stereocenters. The number of carbonyl (C=O) groups excluding carboxylic acids is 3. The van der Waals surface area contributed by atoms with Crippen LogP contribution in [0.4, 0.5) is 5.69 Å². The number of fused-ring (bicyclic) bond motifs is 1. The van der Waals surface area contributed by atoms with Crippen molar-refractivity contribution in [3.05, 3.63) is 29.8 Å². The summed E-state index contributed by atoms with van der Waals surface area (Å²) in [7, 11) is 6.72. The number of nitrogens with zero attached hydrogens (tertiary/aromatic N) is 2. The molecule has 2 fully saturated rings. The minimum absolute atomic E-state index is 0.249. The molecule has 3 rings (SSSR count). The minimum atomic E-state index is -1.18. The third-order valence-corrected chi connectivity index (χ3v) is 5.84. The maximum absolute atomic E-state index is 12.9. The van der Waals surface area contributed by atoms with E-state index in [1.165, 1.54) is 14.2 Å². The molecule has 1 aromatic rings. The van der Waals surface area contributed by atoms with Crippen LogP contribution in [0.1, 0.15) is 31.4 Å². The molecule has 4 atom stereocenters. The van der Waals surface area contributed by atoms with Gasteiger partial charge in [0.2, 0.25) is 11.8 Å². The van der Waals surface area contributed by atoms with E-state index in [2.05, 4.69) is 5.32 Å². The molecule has 2 aliphatic rings. The Morgan fingerprint density at radius 3 is 2.37 bits per heavy atom. The SMILES string of the molecule is CCC[C@]1(C(=O)OC)N[C@H](c2ccc(N(C)C)cc2)[C@H]2C(=O)N(C)C(=O)[C@H]21. The summed E-state index contributed by atoms with van der Waals surface area (Å²) >= 11 is 0. The smallest absolute Gasteiger partial charge is 0.326 e. The highest BCUT2D eigenvalue weighted by atomic mass is 16.5. The van der Waals surface area contributed by atoms with E-state index in [1.54, 1.807) is 0 Å². The molecule has 2 heterocycles. The van der Waals surface area contributed by atoms with Crippen molar-refractivity contribution in [1.82, 2.24) is 10.2 Å². The molecule has 0 aliphatic carbocycles. The van der Waals surface area contributed by atoms with Crippen molar-refractivity contribution in [2.24, 2.45) is 11.8 Å². The second-order valence-corrected chi connectivity index (χ2v) is 7.56. The Labute approximate surface area is 159 Å². The van der Waals surface area contributed by atoms with Crippen LogP contribution < -0.4 is 10.2 Å². The molecular formula is C20H27N3O4. The van der Waals surface area contributed by atoms with Crippen LogP contribution in [0.2, 0.25) is 0 Å². The first kappa shape index (κ1) is 19.4. The van der Waals surface area contributed by atoms with Crippen molar-refractivity contribution in [1.29, 1.82) is 0 Å². The number of carbonyl (C=O) groups is 3. The molecule has 7 heteroatoms. The number of likely N-dealkylation sites (tertiary alicyclic amines) is 1. The Hall–Kier alpha value is -2.41. The second-order valence-electron chi connectivity index (χ2n) is 7.56. The fourth-order valence-electron chi connectivity index (χ4n) is 4.51. The van der Waals surface area contributed by atoms with E-state index in [0.717, 1.165) is 16.2 Å². The summed E-state index contributed by atoms with van der Waals surface area (Å²) in [6.07, 6.45) is 1.11. The summed E-state index contributed by atoms with van der Waals surface area (Å²) in [4.78, 5) is 41.7. The predicted octanol–water partition coefficient (Wildman–Crippen LogP) is 1.34. The topological polar surface area (TPSA) is 79.0 Å². The maximum Gasteiger partial charge on any atom is 0.326 e. The van der Waals surface area contributed by atoms with Crippen LogP contribution >= 0.6 is 0 Å². The molecule has 0 radical (unpaired) electrons. The van der Waals surface area contributed by atoms with Crippen LogP contribution in [-0.2, 0) is 19.1 Å². The van der Waals surface area contributed by atoms with Crippen LogP contribution in [0, 0.1) is 11.8 Å². The summed E-state index contributed by atoms with van der Waals surface area (Å²) in [6.45, 7) is 1.95. The van der Waals surface area contributed by atoms with Gasteiger partial charge in [-0.25, -0.2) is 0 Å². The average Bonchev–Trinajstić information content (AvgIpc) is 3.12. The monoisotopic (exact) mass is 373 g/mol. The summed E-state index contributed by atoms with van der Waals surface area (Å²) < 4.78 is 5.06. The van der Waals surface area contributed by atoms with Crippen LogP contribution in [0.5, 0.6) is 0 Å². The molecule has 0 aromatic heterocycles. The van der Waals surface area contributed by atoms with Gasteiger partial charge < -0.3 is 9.64 Å². The van der Waals surface area contributed by atoms with E-state index in [0.29, 0.717) is 12.8 Å². The number of hydrogen-bond donors (Lipinski definition) is 1. The molecule has 0 spiro atoms. The van der Waals surface area contributed by atoms with Crippen LogP contribution in [0.15, 0.2) is 24.3 Å². The molecule has 2 saturated heterocycles. The zero-order valence-corrected chi connectivity index (χ0v) is 16.5. The number of hydrogen-bond acceptors (Lipinski definition) is 6. The van der Waals surface area contributed by atoms with E-state index >= 15 is 0 Å². The van der Waals surface area contributed by atoms with Crippen LogP contribution in [0.25, 0.3) is 0 Å². The van der Waals surface area contributed by atoms with Gasteiger partial charge in [0.1, 0.15) is 5.54 Å². The second kappa shape index (κ2) is 6.96. The molecular weight excluding hydrogens is 346 g/mol. The van der Waals surface area contributed by atoms with Crippen LogP contribution in [-0.4, -0.2) is 56.5 Å². The first-order valence-corrected chi connectivity index (χ1v) is 9.23. The van der Waals surface area contributed by atoms with E-state index in [1.807, 2.05) is 50.2 Å². The molecule has 146 valence electrons. The van der Waals surface area contributed by atoms with Gasteiger partial charge in [0.05, 0.1) is 18.9 Å². The van der Waals surface area contributed by atoms with Crippen molar-refractivity contribution < 1.29 is 19.1 Å². The van der Waals surface area contributed by atoms with Gasteiger partial charge in [-0.15, -0.1) is 0 Å². The lowest BCUT2D eigenvalue weighted by Crippen LogP contribution is -2.56. The minimum Gasteiger partial charge on any atom is -0.468 e. The summed E-state index contributed by atoms with van der Waals surface area (Å²) in [5.74, 6) is -2.41. The number of ether oxygens (including phenoxy) is 1. The maximum atomic E-state index is 12.9. The quantitative estimate of drug-likeness (QED) is 0.620. The first-order chi connectivity index (χ1) is 12.8. The molecule has 0 saturated carbocycles. The van der Waals surface area contributed by atoms with Gasteiger partial charge in [-0.2, -0.15) is 0 Å². The number of rotatable bonds is 5. The normalized spacial score (nSPS) is 29.8. The van der Waals surface area contributed by atoms with Crippen molar-refractivity contribution in [3.8, 4) is 0 Å². The molecule has 27 heavy (non-hydrogen) atoms. The first-order valence-electron chi connectivity index (χ1n) is 9.23. The molecule has 2 amide bonds. The van der Waals surface area contributed by atoms with E-state index in [9.17, 15) is 14.4 Å². The molecule has 7 nitrogen and oxygen atoms in total. The van der Waals surface area contributed by atoms with Gasteiger partial charge >= 0.3 is 5.97 Å². The highest BCUT2D eigenvalue weighted by molar-refractivity contribution is 6.09. The third-order valence-electron chi connectivity index (χ3n) is 5.84. The number of methoxy groups -OCH3 is 1. The predicted molar refractivity (Wildman–Crippen MR) is 101 cm³/mol. The Kier molecular flexibility index (Phi) is 4.99. The van der Waals surface area contributed by atoms with Gasteiger partial charge in [0.15, 0.2) is 0 Å². The number of imide groups is 1. The zero-order valence-electron chi connectivity index (χ0n) is 16.5. The zero-order chi connectivity index (χ0) is 19.9. The van der Waals surface area contributed by atoms with Crippen molar-refractivity contribution in [2.45, 2.75) is 31.3 Å². The van der Waals surface area contributed by atoms with Crippen molar-refractivity contribution in [2.75, 3.05) is 33.2 Å². The summed E-state index contributed by atoms with van der Waals surface area (Å²) in [5, 5.41) is 3.35. The number of nitrogens with one attached hydrogen (secondary N) is 1. The van der Waals surface area contributed by atoms with Crippen molar-refractivity contribution >= 4 is 23.5 Å². The molecule has 0 bridgehead atoms.